The van der Waals surface area contributed by atoms with Crippen LogP contribution in [-0.4, -0.2) is 32.3 Å². The largest absolute Gasteiger partial charge is 0.467 e. The molecule has 0 amide bonds. The van der Waals surface area contributed by atoms with Crippen LogP contribution in [0.1, 0.15) is 19.4 Å². The van der Waals surface area contributed by atoms with Crippen LogP contribution in [-0.2, 0) is 14.3 Å². The Morgan fingerprint density at radius 1 is 1.35 bits per heavy atom. The number of carbonyl (C=O) groups excluding carboxylic acids is 1. The highest BCUT2D eigenvalue weighted by Crippen LogP contribution is 2.26. The minimum Gasteiger partial charge on any atom is -0.467 e. The van der Waals surface area contributed by atoms with Gasteiger partial charge in [-0.25, -0.2) is 9.18 Å². The third kappa shape index (κ3) is 3.48. The Morgan fingerprint density at radius 3 is 2.45 bits per heavy atom. The molecule has 4 nitrogen and oxygen atoms in total. The van der Waals surface area contributed by atoms with E-state index in [9.17, 15) is 9.18 Å². The maximum absolute atomic E-state index is 13.5. The molecule has 1 atom stereocenters. The van der Waals surface area contributed by atoms with Gasteiger partial charge in [-0.2, -0.15) is 0 Å². The lowest BCUT2D eigenvalue weighted by molar-refractivity contribution is -0.150. The summed E-state index contributed by atoms with van der Waals surface area (Å²) >= 11 is 0. The molecule has 0 bridgehead atoms. The van der Waals surface area contributed by atoms with Crippen LogP contribution in [0.5, 0.6) is 0 Å². The standard InChI is InChI=1S/C15H22FNO3/c1-10(2)15(9-19-4,14(18)20-5)17-13-7-11(3)6-12(16)8-13/h6-8,10,17H,9H2,1-5H3. The highest BCUT2D eigenvalue weighted by atomic mass is 19.1. The first-order chi connectivity index (χ1) is 9.35. The Morgan fingerprint density at radius 2 is 2.00 bits per heavy atom. The van der Waals surface area contributed by atoms with E-state index < -0.39 is 11.5 Å². The number of carbonyl (C=O) groups is 1. The molecule has 1 aromatic rings. The van der Waals surface area contributed by atoms with Gasteiger partial charge in [0.25, 0.3) is 0 Å². The van der Waals surface area contributed by atoms with E-state index in [4.69, 9.17) is 9.47 Å². The highest BCUT2D eigenvalue weighted by molar-refractivity contribution is 5.85. The van der Waals surface area contributed by atoms with Gasteiger partial charge in [0.15, 0.2) is 5.54 Å². The van der Waals surface area contributed by atoms with Crippen molar-refractivity contribution in [2.24, 2.45) is 5.92 Å². The average molecular weight is 283 g/mol. The summed E-state index contributed by atoms with van der Waals surface area (Å²) in [5.74, 6) is -0.887. The maximum atomic E-state index is 13.5. The molecule has 0 radical (unpaired) electrons. The van der Waals surface area contributed by atoms with Crippen LogP contribution in [0.15, 0.2) is 18.2 Å². The van der Waals surface area contributed by atoms with Crippen molar-refractivity contribution < 1.29 is 18.7 Å². The van der Waals surface area contributed by atoms with E-state index in [2.05, 4.69) is 5.32 Å². The molecule has 20 heavy (non-hydrogen) atoms. The van der Waals surface area contributed by atoms with Gasteiger partial charge in [-0.1, -0.05) is 13.8 Å². The van der Waals surface area contributed by atoms with Crippen LogP contribution in [0.2, 0.25) is 0 Å². The molecule has 0 aromatic heterocycles. The van der Waals surface area contributed by atoms with Crippen molar-refractivity contribution in [2.45, 2.75) is 26.3 Å². The number of methoxy groups -OCH3 is 2. The van der Waals surface area contributed by atoms with E-state index in [1.54, 1.807) is 13.0 Å². The summed E-state index contributed by atoms with van der Waals surface area (Å²) in [5.41, 5.74) is 0.245. The third-order valence-electron chi connectivity index (χ3n) is 3.32. The number of aryl methyl sites for hydroxylation is 1. The Kier molecular flexibility index (Phi) is 5.51. The van der Waals surface area contributed by atoms with Crippen molar-refractivity contribution in [3.63, 3.8) is 0 Å². The second-order valence-corrected chi connectivity index (χ2v) is 5.19. The summed E-state index contributed by atoms with van der Waals surface area (Å²) in [6, 6.07) is 4.55. The topological polar surface area (TPSA) is 47.6 Å². The molecule has 0 spiro atoms. The minimum atomic E-state index is -1.05. The SMILES string of the molecule is COCC(Nc1cc(C)cc(F)c1)(C(=O)OC)C(C)C. The monoisotopic (exact) mass is 283 g/mol. The molecule has 1 rings (SSSR count). The van der Waals surface area contributed by atoms with Crippen molar-refractivity contribution in [3.8, 4) is 0 Å². The molecule has 0 saturated carbocycles. The van der Waals surface area contributed by atoms with Gasteiger partial charge < -0.3 is 14.8 Å². The summed E-state index contributed by atoms with van der Waals surface area (Å²) in [7, 11) is 2.84. The van der Waals surface area contributed by atoms with Crippen LogP contribution >= 0.6 is 0 Å². The fourth-order valence-corrected chi connectivity index (χ4v) is 2.17. The molecule has 0 aliphatic rings. The summed E-state index contributed by atoms with van der Waals surface area (Å²) in [6.07, 6.45) is 0. The van der Waals surface area contributed by atoms with Gasteiger partial charge in [0.2, 0.25) is 0 Å². The zero-order valence-corrected chi connectivity index (χ0v) is 12.6. The normalized spacial score (nSPS) is 13.9. The summed E-state index contributed by atoms with van der Waals surface area (Å²) in [6.45, 7) is 5.69. The van der Waals surface area contributed by atoms with E-state index in [1.165, 1.54) is 26.4 Å². The van der Waals surface area contributed by atoms with E-state index in [0.29, 0.717) is 5.69 Å². The zero-order chi connectivity index (χ0) is 15.3. The number of hydrogen-bond donors (Lipinski definition) is 1. The Hall–Kier alpha value is -1.62. The second-order valence-electron chi connectivity index (χ2n) is 5.19. The van der Waals surface area contributed by atoms with E-state index in [0.717, 1.165) is 5.56 Å². The van der Waals surface area contributed by atoms with Gasteiger partial charge in [0.1, 0.15) is 5.82 Å². The van der Waals surface area contributed by atoms with Gasteiger partial charge in [-0.15, -0.1) is 0 Å². The molecular weight excluding hydrogens is 261 g/mol. The fourth-order valence-electron chi connectivity index (χ4n) is 2.17. The van der Waals surface area contributed by atoms with Crippen LogP contribution < -0.4 is 5.32 Å². The molecular formula is C15H22FNO3. The molecule has 0 fully saturated rings. The lowest BCUT2D eigenvalue weighted by Gasteiger charge is -2.35. The number of esters is 1. The molecule has 0 heterocycles. The van der Waals surface area contributed by atoms with Crippen LogP contribution in [0, 0.1) is 18.7 Å². The highest BCUT2D eigenvalue weighted by Gasteiger charge is 2.43. The molecule has 1 unspecified atom stereocenters. The molecule has 1 N–H and O–H groups in total. The first-order valence-electron chi connectivity index (χ1n) is 6.48. The fraction of sp³-hybridized carbons (Fsp3) is 0.533. The lowest BCUT2D eigenvalue weighted by atomic mass is 9.86. The Labute approximate surface area is 119 Å². The van der Waals surface area contributed by atoms with Gasteiger partial charge in [-0.3, -0.25) is 0 Å². The van der Waals surface area contributed by atoms with Crippen molar-refractivity contribution >= 4 is 11.7 Å². The molecule has 112 valence electrons. The van der Waals surface area contributed by atoms with Crippen molar-refractivity contribution in [1.82, 2.24) is 0 Å². The lowest BCUT2D eigenvalue weighted by Crippen LogP contribution is -2.55. The number of nitrogens with one attached hydrogen (secondary N) is 1. The predicted molar refractivity (Wildman–Crippen MR) is 76.2 cm³/mol. The number of ether oxygens (including phenoxy) is 2. The average Bonchev–Trinajstić information content (AvgIpc) is 2.35. The smallest absolute Gasteiger partial charge is 0.334 e. The summed E-state index contributed by atoms with van der Waals surface area (Å²) in [5, 5.41) is 3.09. The summed E-state index contributed by atoms with van der Waals surface area (Å²) < 4.78 is 23.5. The number of rotatable bonds is 6. The van der Waals surface area contributed by atoms with Gasteiger partial charge in [0, 0.05) is 12.8 Å². The second kappa shape index (κ2) is 6.70. The first-order valence-corrected chi connectivity index (χ1v) is 6.48. The van der Waals surface area contributed by atoms with E-state index in [-0.39, 0.29) is 18.3 Å². The molecule has 0 aliphatic carbocycles. The number of anilines is 1. The van der Waals surface area contributed by atoms with Crippen LogP contribution in [0.4, 0.5) is 10.1 Å². The molecule has 0 aliphatic heterocycles. The van der Waals surface area contributed by atoms with Gasteiger partial charge >= 0.3 is 5.97 Å². The third-order valence-corrected chi connectivity index (χ3v) is 3.32. The molecule has 1 aromatic carbocycles. The van der Waals surface area contributed by atoms with Crippen molar-refractivity contribution in [2.75, 3.05) is 26.1 Å². The van der Waals surface area contributed by atoms with Crippen LogP contribution in [0.3, 0.4) is 0 Å². The molecule has 0 saturated heterocycles. The first kappa shape index (κ1) is 16.4. The number of hydrogen-bond acceptors (Lipinski definition) is 4. The molecule has 5 heteroatoms. The number of halogens is 1. The van der Waals surface area contributed by atoms with Gasteiger partial charge in [-0.05, 0) is 36.6 Å². The maximum Gasteiger partial charge on any atom is 0.334 e. The Bertz CT molecular complexity index is 456. The van der Waals surface area contributed by atoms with Crippen molar-refractivity contribution in [3.05, 3.63) is 29.6 Å². The van der Waals surface area contributed by atoms with E-state index in [1.807, 2.05) is 13.8 Å². The van der Waals surface area contributed by atoms with Crippen molar-refractivity contribution in [1.29, 1.82) is 0 Å². The number of benzene rings is 1. The van der Waals surface area contributed by atoms with Crippen LogP contribution in [0.25, 0.3) is 0 Å². The van der Waals surface area contributed by atoms with Gasteiger partial charge in [0.05, 0.1) is 13.7 Å². The van der Waals surface area contributed by atoms with E-state index >= 15 is 0 Å². The zero-order valence-electron chi connectivity index (χ0n) is 12.6. The minimum absolute atomic E-state index is 0.0986. The Balaban J connectivity index is 3.20. The summed E-state index contributed by atoms with van der Waals surface area (Å²) in [4.78, 5) is 12.2. The predicted octanol–water partition coefficient (Wildman–Crippen LogP) is 2.76. The quantitative estimate of drug-likeness (QED) is 0.816.